The summed E-state index contributed by atoms with van der Waals surface area (Å²) in [7, 11) is 0. The lowest BCUT2D eigenvalue weighted by Crippen LogP contribution is -2.45. The minimum atomic E-state index is -0.410. The molecule has 3 N–H and O–H groups in total. The molecule has 4 heteroatoms. The van der Waals surface area contributed by atoms with E-state index < -0.39 is 5.60 Å². The highest BCUT2D eigenvalue weighted by Crippen LogP contribution is 2.73. The Kier molecular flexibility index (Phi) is 2.05. The molecule has 3 fully saturated rings. The van der Waals surface area contributed by atoms with Gasteiger partial charge in [-0.2, -0.15) is 0 Å². The third kappa shape index (κ3) is 1.23. The summed E-state index contributed by atoms with van der Waals surface area (Å²) in [6, 6.07) is 0.193. The van der Waals surface area contributed by atoms with Crippen LogP contribution < -0.4 is 11.1 Å². The molecule has 1 heterocycles. The molecule has 3 aliphatic rings. The maximum Gasteiger partial charge on any atom is 0.314 e. The van der Waals surface area contributed by atoms with E-state index in [0.717, 1.165) is 25.9 Å². The Labute approximate surface area is 102 Å². The topological polar surface area (TPSA) is 64.3 Å². The maximum absolute atomic E-state index is 12.5. The van der Waals surface area contributed by atoms with Gasteiger partial charge in [0.25, 0.3) is 0 Å². The predicted octanol–water partition coefficient (Wildman–Crippen LogP) is 0.655. The van der Waals surface area contributed by atoms with Crippen molar-refractivity contribution in [3.63, 3.8) is 0 Å². The largest absolute Gasteiger partial charge is 0.459 e. The van der Waals surface area contributed by atoms with Crippen molar-refractivity contribution in [3.05, 3.63) is 0 Å². The minimum absolute atomic E-state index is 0.00926. The molecule has 4 atom stereocenters. The van der Waals surface area contributed by atoms with Crippen molar-refractivity contribution in [3.8, 4) is 0 Å². The molecule has 96 valence electrons. The molecular weight excluding hydrogens is 216 g/mol. The standard InChI is InChI=1S/C13H22N2O2/c1-11(2,3)17-10(16)12-5-4-8-9(14)13(8,12)7-15-6-12/h8-9,15H,4-7,14H2,1-3H3. The third-order valence-electron chi connectivity index (χ3n) is 4.99. The normalized spacial score (nSPS) is 47.5. The first-order chi connectivity index (χ1) is 7.83. The summed E-state index contributed by atoms with van der Waals surface area (Å²) in [6.45, 7) is 7.41. The highest BCUT2D eigenvalue weighted by atomic mass is 16.6. The van der Waals surface area contributed by atoms with Gasteiger partial charge in [0.05, 0.1) is 5.41 Å². The molecule has 3 rings (SSSR count). The molecule has 4 unspecified atom stereocenters. The van der Waals surface area contributed by atoms with Gasteiger partial charge in [-0.15, -0.1) is 0 Å². The smallest absolute Gasteiger partial charge is 0.314 e. The molecule has 1 aliphatic heterocycles. The summed E-state index contributed by atoms with van der Waals surface area (Å²) >= 11 is 0. The number of nitrogens with two attached hydrogens (primary N) is 1. The van der Waals surface area contributed by atoms with Crippen molar-refractivity contribution in [2.75, 3.05) is 13.1 Å². The van der Waals surface area contributed by atoms with E-state index in [0.29, 0.717) is 5.92 Å². The number of ether oxygens (including phenoxy) is 1. The third-order valence-corrected chi connectivity index (χ3v) is 4.99. The number of carbonyl (C=O) groups excluding carboxylic acids is 1. The Morgan fingerprint density at radius 1 is 1.41 bits per heavy atom. The molecule has 0 amide bonds. The summed E-state index contributed by atoms with van der Waals surface area (Å²) in [4.78, 5) is 12.5. The van der Waals surface area contributed by atoms with Crippen LogP contribution in [0, 0.1) is 16.7 Å². The second-order valence-corrected chi connectivity index (χ2v) is 6.90. The highest BCUT2D eigenvalue weighted by molar-refractivity contribution is 5.81. The van der Waals surface area contributed by atoms with Crippen LogP contribution in [0.5, 0.6) is 0 Å². The Morgan fingerprint density at radius 3 is 2.71 bits per heavy atom. The maximum atomic E-state index is 12.5. The highest BCUT2D eigenvalue weighted by Gasteiger charge is 2.80. The quantitative estimate of drug-likeness (QED) is 0.659. The van der Waals surface area contributed by atoms with Crippen LogP contribution in [0.15, 0.2) is 0 Å². The molecule has 0 radical (unpaired) electrons. The molecule has 17 heavy (non-hydrogen) atoms. The Morgan fingerprint density at radius 2 is 2.12 bits per heavy atom. The molecule has 0 bridgehead atoms. The zero-order chi connectivity index (χ0) is 12.5. The van der Waals surface area contributed by atoms with Gasteiger partial charge >= 0.3 is 5.97 Å². The van der Waals surface area contributed by atoms with E-state index in [1.165, 1.54) is 0 Å². The summed E-state index contributed by atoms with van der Waals surface area (Å²) in [5, 5.41) is 3.36. The lowest BCUT2D eigenvalue weighted by atomic mass is 9.75. The summed E-state index contributed by atoms with van der Waals surface area (Å²) in [5.74, 6) is 0.496. The number of hydrogen-bond acceptors (Lipinski definition) is 4. The summed E-state index contributed by atoms with van der Waals surface area (Å²) in [5.41, 5.74) is 5.44. The molecule has 0 aromatic rings. The SMILES string of the molecule is CC(C)(C)OC(=O)C12CCC3C(N)C31CNC2. The lowest BCUT2D eigenvalue weighted by Gasteiger charge is -2.33. The zero-order valence-corrected chi connectivity index (χ0v) is 10.9. The molecule has 1 saturated heterocycles. The fourth-order valence-corrected chi connectivity index (χ4v) is 4.19. The Bertz CT molecular complexity index is 372. The molecule has 2 aliphatic carbocycles. The minimum Gasteiger partial charge on any atom is -0.459 e. The zero-order valence-electron chi connectivity index (χ0n) is 10.9. The van der Waals surface area contributed by atoms with E-state index >= 15 is 0 Å². The van der Waals surface area contributed by atoms with Crippen LogP contribution in [-0.4, -0.2) is 30.7 Å². The van der Waals surface area contributed by atoms with Crippen molar-refractivity contribution in [2.45, 2.75) is 45.3 Å². The second-order valence-electron chi connectivity index (χ2n) is 6.90. The van der Waals surface area contributed by atoms with Crippen LogP contribution in [0.2, 0.25) is 0 Å². The van der Waals surface area contributed by atoms with Gasteiger partial charge in [0.2, 0.25) is 0 Å². The van der Waals surface area contributed by atoms with E-state index in [1.807, 2.05) is 20.8 Å². The Hall–Kier alpha value is -0.610. The van der Waals surface area contributed by atoms with Gasteiger partial charge in [-0.25, -0.2) is 0 Å². The fraction of sp³-hybridized carbons (Fsp3) is 0.923. The number of esters is 1. The molecule has 1 spiro atoms. The van der Waals surface area contributed by atoms with Gasteiger partial charge in [0.15, 0.2) is 0 Å². The Balaban J connectivity index is 1.89. The molecule has 0 aromatic heterocycles. The van der Waals surface area contributed by atoms with Crippen LogP contribution >= 0.6 is 0 Å². The van der Waals surface area contributed by atoms with E-state index in [4.69, 9.17) is 10.5 Å². The fourth-order valence-electron chi connectivity index (χ4n) is 4.19. The predicted molar refractivity (Wildman–Crippen MR) is 64.3 cm³/mol. The van der Waals surface area contributed by atoms with Crippen molar-refractivity contribution in [1.29, 1.82) is 0 Å². The van der Waals surface area contributed by atoms with E-state index in [2.05, 4.69) is 5.32 Å². The summed E-state index contributed by atoms with van der Waals surface area (Å²) < 4.78 is 5.63. The number of carbonyl (C=O) groups is 1. The van der Waals surface area contributed by atoms with Crippen LogP contribution in [-0.2, 0) is 9.53 Å². The lowest BCUT2D eigenvalue weighted by molar-refractivity contribution is -0.169. The average molecular weight is 238 g/mol. The van der Waals surface area contributed by atoms with E-state index in [1.54, 1.807) is 0 Å². The van der Waals surface area contributed by atoms with Crippen LogP contribution in [0.1, 0.15) is 33.6 Å². The van der Waals surface area contributed by atoms with Gasteiger partial charge in [-0.3, -0.25) is 4.79 Å². The van der Waals surface area contributed by atoms with Gasteiger partial charge in [0, 0.05) is 24.5 Å². The first kappa shape index (κ1) is 11.5. The van der Waals surface area contributed by atoms with Gasteiger partial charge < -0.3 is 15.8 Å². The van der Waals surface area contributed by atoms with Crippen LogP contribution in [0.25, 0.3) is 0 Å². The second kappa shape index (κ2) is 3.04. The van der Waals surface area contributed by atoms with Gasteiger partial charge in [-0.05, 0) is 39.5 Å². The average Bonchev–Trinajstić information content (AvgIpc) is 2.58. The monoisotopic (exact) mass is 238 g/mol. The van der Waals surface area contributed by atoms with E-state index in [-0.39, 0.29) is 22.8 Å². The number of rotatable bonds is 1. The van der Waals surface area contributed by atoms with Crippen molar-refractivity contribution in [1.82, 2.24) is 5.32 Å². The van der Waals surface area contributed by atoms with Crippen LogP contribution in [0.3, 0.4) is 0 Å². The summed E-state index contributed by atoms with van der Waals surface area (Å²) in [6.07, 6.45) is 2.02. The number of hydrogen-bond donors (Lipinski definition) is 2. The van der Waals surface area contributed by atoms with Crippen LogP contribution in [0.4, 0.5) is 0 Å². The number of nitrogens with one attached hydrogen (secondary N) is 1. The first-order valence-electron chi connectivity index (χ1n) is 6.53. The molecule has 2 saturated carbocycles. The molecule has 4 nitrogen and oxygen atoms in total. The van der Waals surface area contributed by atoms with Crippen molar-refractivity contribution >= 4 is 5.97 Å². The van der Waals surface area contributed by atoms with Gasteiger partial charge in [-0.1, -0.05) is 0 Å². The van der Waals surface area contributed by atoms with Gasteiger partial charge in [0.1, 0.15) is 5.60 Å². The van der Waals surface area contributed by atoms with Crippen molar-refractivity contribution < 1.29 is 9.53 Å². The first-order valence-corrected chi connectivity index (χ1v) is 6.53. The van der Waals surface area contributed by atoms with Crippen molar-refractivity contribution in [2.24, 2.45) is 22.5 Å². The molecular formula is C13H22N2O2. The van der Waals surface area contributed by atoms with E-state index in [9.17, 15) is 4.79 Å². The molecule has 0 aromatic carbocycles.